The number of nitrogens with zero attached hydrogens (tertiary/aromatic N) is 1. The summed E-state index contributed by atoms with van der Waals surface area (Å²) >= 11 is 0. The molecule has 1 fully saturated rings. The highest BCUT2D eigenvalue weighted by atomic mass is 16.5. The molecule has 0 saturated carbocycles. The molecule has 2 atom stereocenters. The van der Waals surface area contributed by atoms with E-state index in [-0.39, 0.29) is 24.6 Å². The van der Waals surface area contributed by atoms with Crippen molar-refractivity contribution in [1.29, 1.82) is 0 Å². The lowest BCUT2D eigenvalue weighted by Crippen LogP contribution is -2.54. The second-order valence-corrected chi connectivity index (χ2v) is 4.94. The van der Waals surface area contributed by atoms with Crippen molar-refractivity contribution in [3.63, 3.8) is 0 Å². The fourth-order valence-electron chi connectivity index (χ4n) is 2.30. The van der Waals surface area contributed by atoms with Crippen LogP contribution in [0, 0.1) is 0 Å². The number of morpholine rings is 1. The number of carbonyl (C=O) groups is 1. The first-order valence-corrected chi connectivity index (χ1v) is 6.72. The molecule has 6 nitrogen and oxygen atoms in total. The Labute approximate surface area is 118 Å². The number of nitrogens with one attached hydrogen (secondary N) is 1. The molecular weight excluding hydrogens is 258 g/mol. The van der Waals surface area contributed by atoms with Gasteiger partial charge in [0, 0.05) is 17.9 Å². The minimum Gasteiger partial charge on any atom is -0.399 e. The normalized spacial score (nSPS) is 21.4. The van der Waals surface area contributed by atoms with Crippen molar-refractivity contribution >= 4 is 17.3 Å². The molecule has 2 unspecified atom stereocenters. The average Bonchev–Trinajstić information content (AvgIpc) is 2.48. The highest BCUT2D eigenvalue weighted by Crippen LogP contribution is 2.15. The summed E-state index contributed by atoms with van der Waals surface area (Å²) in [5.74, 6) is -0.102. The zero-order valence-electron chi connectivity index (χ0n) is 11.6. The van der Waals surface area contributed by atoms with E-state index in [1.54, 1.807) is 24.3 Å². The third kappa shape index (κ3) is 3.47. The lowest BCUT2D eigenvalue weighted by molar-refractivity contribution is -0.125. The van der Waals surface area contributed by atoms with Crippen LogP contribution in [0.25, 0.3) is 0 Å². The van der Waals surface area contributed by atoms with Gasteiger partial charge in [-0.25, -0.2) is 0 Å². The Hall–Kier alpha value is -1.63. The molecular formula is C14H21N3O3. The van der Waals surface area contributed by atoms with Crippen molar-refractivity contribution in [2.75, 3.05) is 37.4 Å². The first-order chi connectivity index (χ1) is 9.61. The Morgan fingerprint density at radius 3 is 2.90 bits per heavy atom. The van der Waals surface area contributed by atoms with Gasteiger partial charge in [-0.05, 0) is 31.2 Å². The summed E-state index contributed by atoms with van der Waals surface area (Å²) < 4.78 is 5.32. The smallest absolute Gasteiger partial charge is 0.241 e. The minimum atomic E-state index is -0.325. The van der Waals surface area contributed by atoms with Gasteiger partial charge in [-0.2, -0.15) is 0 Å². The van der Waals surface area contributed by atoms with Gasteiger partial charge in [0.05, 0.1) is 31.9 Å². The maximum absolute atomic E-state index is 12.3. The summed E-state index contributed by atoms with van der Waals surface area (Å²) in [5.41, 5.74) is 6.98. The van der Waals surface area contributed by atoms with Gasteiger partial charge in [-0.3, -0.25) is 9.69 Å². The first-order valence-electron chi connectivity index (χ1n) is 6.72. The monoisotopic (exact) mass is 279 g/mol. The first kappa shape index (κ1) is 14.8. The predicted molar refractivity (Wildman–Crippen MR) is 77.3 cm³/mol. The van der Waals surface area contributed by atoms with Crippen LogP contribution >= 0.6 is 0 Å². The van der Waals surface area contributed by atoms with Crippen molar-refractivity contribution in [2.24, 2.45) is 0 Å². The van der Waals surface area contributed by atoms with Crippen molar-refractivity contribution in [1.82, 2.24) is 4.90 Å². The summed E-state index contributed by atoms with van der Waals surface area (Å²) in [4.78, 5) is 14.2. The zero-order chi connectivity index (χ0) is 14.5. The zero-order valence-corrected chi connectivity index (χ0v) is 11.6. The number of benzene rings is 1. The quantitative estimate of drug-likeness (QED) is 0.689. The van der Waals surface area contributed by atoms with E-state index in [1.807, 2.05) is 11.8 Å². The van der Waals surface area contributed by atoms with Crippen LogP contribution in [0.5, 0.6) is 0 Å². The maximum Gasteiger partial charge on any atom is 0.241 e. The molecule has 1 aromatic carbocycles. The molecule has 0 spiro atoms. The Kier molecular flexibility index (Phi) is 4.94. The van der Waals surface area contributed by atoms with Crippen LogP contribution in [0.3, 0.4) is 0 Å². The highest BCUT2D eigenvalue weighted by molar-refractivity contribution is 5.94. The molecule has 0 bridgehead atoms. The SMILES string of the molecule is CC(C(=O)Nc1ccc(N)cc1)N1CCOCC1CO. The third-order valence-corrected chi connectivity index (χ3v) is 3.54. The van der Waals surface area contributed by atoms with Crippen molar-refractivity contribution in [3.8, 4) is 0 Å². The van der Waals surface area contributed by atoms with Gasteiger partial charge in [-0.15, -0.1) is 0 Å². The van der Waals surface area contributed by atoms with E-state index >= 15 is 0 Å². The van der Waals surface area contributed by atoms with Gasteiger partial charge in [0.25, 0.3) is 0 Å². The van der Waals surface area contributed by atoms with Gasteiger partial charge >= 0.3 is 0 Å². The average molecular weight is 279 g/mol. The molecule has 1 aliphatic rings. The van der Waals surface area contributed by atoms with Crippen LogP contribution in [-0.4, -0.2) is 54.4 Å². The third-order valence-electron chi connectivity index (χ3n) is 3.54. The molecule has 1 amide bonds. The second-order valence-electron chi connectivity index (χ2n) is 4.94. The minimum absolute atomic E-state index is 0.0144. The van der Waals surface area contributed by atoms with Crippen LogP contribution < -0.4 is 11.1 Å². The molecule has 0 aromatic heterocycles. The number of aliphatic hydroxyl groups is 1. The molecule has 2 rings (SSSR count). The van der Waals surface area contributed by atoms with Crippen LogP contribution in [0.1, 0.15) is 6.92 Å². The standard InChI is InChI=1S/C14H21N3O3/c1-10(17-6-7-20-9-13(17)8-18)14(19)16-12-4-2-11(15)3-5-12/h2-5,10,13,18H,6-9,15H2,1H3,(H,16,19). The van der Waals surface area contributed by atoms with Crippen molar-refractivity contribution < 1.29 is 14.6 Å². The van der Waals surface area contributed by atoms with Gasteiger partial charge in [0.2, 0.25) is 5.91 Å². The molecule has 1 aromatic rings. The maximum atomic E-state index is 12.3. The number of anilines is 2. The second kappa shape index (κ2) is 6.69. The van der Waals surface area contributed by atoms with Crippen molar-refractivity contribution in [3.05, 3.63) is 24.3 Å². The predicted octanol–water partition coefficient (Wildman–Crippen LogP) is 0.289. The molecule has 20 heavy (non-hydrogen) atoms. The van der Waals surface area contributed by atoms with E-state index in [2.05, 4.69) is 5.32 Å². The summed E-state index contributed by atoms with van der Waals surface area (Å²) in [7, 11) is 0. The molecule has 1 heterocycles. The Morgan fingerprint density at radius 2 is 2.25 bits per heavy atom. The van der Waals surface area contributed by atoms with E-state index in [9.17, 15) is 9.90 Å². The number of nitrogen functional groups attached to an aromatic ring is 1. The Bertz CT molecular complexity index is 449. The van der Waals surface area contributed by atoms with Crippen LogP contribution in [0.4, 0.5) is 11.4 Å². The topological polar surface area (TPSA) is 87.8 Å². The number of rotatable bonds is 4. The molecule has 6 heteroatoms. The summed E-state index contributed by atoms with van der Waals surface area (Å²) in [6.07, 6.45) is 0. The van der Waals surface area contributed by atoms with Gasteiger partial charge in [0.15, 0.2) is 0 Å². The number of nitrogens with two attached hydrogens (primary N) is 1. The fraction of sp³-hybridized carbons (Fsp3) is 0.500. The number of aliphatic hydroxyl groups excluding tert-OH is 1. The van der Waals surface area contributed by atoms with Crippen LogP contribution in [0.15, 0.2) is 24.3 Å². The van der Waals surface area contributed by atoms with E-state index in [4.69, 9.17) is 10.5 Å². The molecule has 1 saturated heterocycles. The lowest BCUT2D eigenvalue weighted by atomic mass is 10.1. The van der Waals surface area contributed by atoms with E-state index in [0.29, 0.717) is 31.1 Å². The van der Waals surface area contributed by atoms with Gasteiger partial charge in [0.1, 0.15) is 0 Å². The summed E-state index contributed by atoms with van der Waals surface area (Å²) in [5, 5.41) is 12.2. The Balaban J connectivity index is 1.98. The molecule has 110 valence electrons. The highest BCUT2D eigenvalue weighted by Gasteiger charge is 2.30. The largest absolute Gasteiger partial charge is 0.399 e. The van der Waals surface area contributed by atoms with Crippen LogP contribution in [-0.2, 0) is 9.53 Å². The number of amides is 1. The van der Waals surface area contributed by atoms with E-state index in [1.165, 1.54) is 0 Å². The van der Waals surface area contributed by atoms with Crippen molar-refractivity contribution in [2.45, 2.75) is 19.0 Å². The summed E-state index contributed by atoms with van der Waals surface area (Å²) in [6, 6.07) is 6.56. The molecule has 1 aliphatic heterocycles. The molecule has 4 N–H and O–H groups in total. The Morgan fingerprint density at radius 1 is 1.55 bits per heavy atom. The fourth-order valence-corrected chi connectivity index (χ4v) is 2.30. The number of carbonyl (C=O) groups excluding carboxylic acids is 1. The van der Waals surface area contributed by atoms with Gasteiger partial charge in [-0.1, -0.05) is 0 Å². The molecule has 0 aliphatic carbocycles. The number of hydrogen-bond donors (Lipinski definition) is 3. The summed E-state index contributed by atoms with van der Waals surface area (Å²) in [6.45, 7) is 3.49. The van der Waals surface area contributed by atoms with E-state index < -0.39 is 0 Å². The molecule has 0 radical (unpaired) electrons. The number of ether oxygens (including phenoxy) is 1. The lowest BCUT2D eigenvalue weighted by Gasteiger charge is -2.37. The van der Waals surface area contributed by atoms with Gasteiger partial charge < -0.3 is 20.9 Å². The number of hydrogen-bond acceptors (Lipinski definition) is 5. The van der Waals surface area contributed by atoms with Crippen LogP contribution in [0.2, 0.25) is 0 Å². The van der Waals surface area contributed by atoms with E-state index in [0.717, 1.165) is 0 Å².